The summed E-state index contributed by atoms with van der Waals surface area (Å²) in [5.41, 5.74) is 1.01. The first-order valence-corrected chi connectivity index (χ1v) is 8.90. The van der Waals surface area contributed by atoms with Crippen molar-refractivity contribution in [2.24, 2.45) is 5.92 Å². The van der Waals surface area contributed by atoms with E-state index in [0.29, 0.717) is 5.92 Å². The van der Waals surface area contributed by atoms with E-state index in [1.165, 1.54) is 4.88 Å². The van der Waals surface area contributed by atoms with Crippen LogP contribution in [0.1, 0.15) is 36.5 Å². The topological polar surface area (TPSA) is 28.2 Å². The smallest absolute Gasteiger partial charge is 0.170 e. The van der Waals surface area contributed by atoms with E-state index in [2.05, 4.69) is 35.1 Å². The van der Waals surface area contributed by atoms with Crippen LogP contribution in [-0.4, -0.2) is 21.5 Å². The molecule has 0 spiro atoms. The van der Waals surface area contributed by atoms with Crippen LogP contribution in [0, 0.1) is 5.92 Å². The molecule has 3 heterocycles. The van der Waals surface area contributed by atoms with Crippen molar-refractivity contribution in [3.8, 4) is 0 Å². The van der Waals surface area contributed by atoms with Crippen LogP contribution in [0.15, 0.2) is 36.5 Å². The van der Waals surface area contributed by atoms with Gasteiger partial charge in [0.15, 0.2) is 5.11 Å². The number of halogens is 1. The molecule has 1 N–H and O–H groups in total. The van der Waals surface area contributed by atoms with Crippen molar-refractivity contribution in [2.45, 2.75) is 25.9 Å². The van der Waals surface area contributed by atoms with Crippen LogP contribution in [0.2, 0.25) is 4.34 Å². The molecule has 3 rings (SSSR count). The molecule has 0 amide bonds. The van der Waals surface area contributed by atoms with Gasteiger partial charge in [-0.15, -0.1) is 11.3 Å². The number of nitrogens with one attached hydrogen (secondary N) is 1. The molecule has 3 nitrogen and oxygen atoms in total. The lowest BCUT2D eigenvalue weighted by Crippen LogP contribution is -2.32. The minimum atomic E-state index is 0.0576. The zero-order valence-corrected chi connectivity index (χ0v) is 14.9. The summed E-state index contributed by atoms with van der Waals surface area (Å²) in [4.78, 5) is 8.00. The van der Waals surface area contributed by atoms with Crippen LogP contribution in [0.4, 0.5) is 0 Å². The number of pyridine rings is 1. The van der Waals surface area contributed by atoms with Gasteiger partial charge in [-0.2, -0.15) is 0 Å². The van der Waals surface area contributed by atoms with Gasteiger partial charge >= 0.3 is 0 Å². The van der Waals surface area contributed by atoms with Gasteiger partial charge < -0.3 is 10.2 Å². The average Bonchev–Trinajstić information content (AvgIpc) is 3.04. The Kier molecular flexibility index (Phi) is 4.66. The summed E-state index contributed by atoms with van der Waals surface area (Å²) in [6, 6.07) is 10.2. The molecule has 116 valence electrons. The maximum atomic E-state index is 6.15. The maximum absolute atomic E-state index is 6.15. The molecule has 22 heavy (non-hydrogen) atoms. The fourth-order valence-electron chi connectivity index (χ4n) is 2.79. The van der Waals surface area contributed by atoms with Gasteiger partial charge in [0.05, 0.1) is 22.1 Å². The van der Waals surface area contributed by atoms with Crippen molar-refractivity contribution in [3.05, 3.63) is 51.4 Å². The quantitative estimate of drug-likeness (QED) is 0.825. The monoisotopic (exact) mass is 351 g/mol. The molecule has 1 saturated heterocycles. The highest BCUT2D eigenvalue weighted by Crippen LogP contribution is 2.42. The summed E-state index contributed by atoms with van der Waals surface area (Å²) in [6.07, 6.45) is 1.82. The van der Waals surface area contributed by atoms with Crippen LogP contribution in [0.3, 0.4) is 0 Å². The summed E-state index contributed by atoms with van der Waals surface area (Å²) >= 11 is 13.3. The molecule has 6 heteroatoms. The van der Waals surface area contributed by atoms with Gasteiger partial charge in [0.25, 0.3) is 0 Å². The summed E-state index contributed by atoms with van der Waals surface area (Å²) in [7, 11) is 0. The van der Waals surface area contributed by atoms with Crippen LogP contribution in [0.5, 0.6) is 0 Å². The predicted molar refractivity (Wildman–Crippen MR) is 96.3 cm³/mol. The lowest BCUT2D eigenvalue weighted by atomic mass is 10.0. The second kappa shape index (κ2) is 6.52. The Labute approximate surface area is 145 Å². The van der Waals surface area contributed by atoms with Gasteiger partial charge in [-0.05, 0) is 42.4 Å². The van der Waals surface area contributed by atoms with Crippen LogP contribution in [-0.2, 0) is 0 Å². The third kappa shape index (κ3) is 3.12. The Balaban J connectivity index is 2.00. The molecule has 2 aromatic heterocycles. The second-order valence-electron chi connectivity index (χ2n) is 5.81. The van der Waals surface area contributed by atoms with E-state index >= 15 is 0 Å². The first-order chi connectivity index (χ1) is 10.6. The number of hydrogen-bond acceptors (Lipinski definition) is 3. The highest BCUT2D eigenvalue weighted by Gasteiger charge is 2.40. The Morgan fingerprint density at radius 2 is 2.18 bits per heavy atom. The van der Waals surface area contributed by atoms with Gasteiger partial charge in [0.2, 0.25) is 0 Å². The van der Waals surface area contributed by atoms with E-state index in [-0.39, 0.29) is 12.1 Å². The number of thiocarbonyl (C=S) groups is 1. The van der Waals surface area contributed by atoms with Crippen LogP contribution >= 0.6 is 35.2 Å². The van der Waals surface area contributed by atoms with Crippen molar-refractivity contribution in [1.82, 2.24) is 15.2 Å². The molecule has 0 radical (unpaired) electrons. The molecule has 0 unspecified atom stereocenters. The van der Waals surface area contributed by atoms with Crippen molar-refractivity contribution >= 4 is 40.3 Å². The highest BCUT2D eigenvalue weighted by atomic mass is 35.5. The molecule has 0 aliphatic carbocycles. The molecular weight excluding hydrogens is 334 g/mol. The molecule has 1 fully saturated rings. The molecular formula is C16H18ClN3S2. The fourth-order valence-corrected chi connectivity index (χ4v) is 4.32. The summed E-state index contributed by atoms with van der Waals surface area (Å²) in [5.74, 6) is 0.528. The largest absolute Gasteiger partial charge is 0.352 e. The number of hydrogen-bond donors (Lipinski definition) is 1. The fraction of sp³-hybridized carbons (Fsp3) is 0.375. The number of aromatic nitrogens is 1. The minimum absolute atomic E-state index is 0.0576. The molecule has 1 aliphatic rings. The zero-order valence-electron chi connectivity index (χ0n) is 12.5. The number of rotatable bonds is 4. The van der Waals surface area contributed by atoms with E-state index in [1.807, 2.05) is 30.5 Å². The van der Waals surface area contributed by atoms with Crippen LogP contribution < -0.4 is 5.32 Å². The third-order valence-electron chi connectivity index (χ3n) is 3.65. The summed E-state index contributed by atoms with van der Waals surface area (Å²) < 4.78 is 0.803. The predicted octanol–water partition coefficient (Wildman–Crippen LogP) is 4.43. The van der Waals surface area contributed by atoms with Gasteiger partial charge in [0.1, 0.15) is 0 Å². The highest BCUT2D eigenvalue weighted by molar-refractivity contribution is 7.80. The zero-order chi connectivity index (χ0) is 15.7. The minimum Gasteiger partial charge on any atom is -0.352 e. The normalized spacial score (nSPS) is 21.5. The van der Waals surface area contributed by atoms with E-state index in [9.17, 15) is 0 Å². The Morgan fingerprint density at radius 1 is 1.36 bits per heavy atom. The van der Waals surface area contributed by atoms with E-state index in [1.54, 1.807) is 11.3 Å². The van der Waals surface area contributed by atoms with Crippen molar-refractivity contribution in [2.75, 3.05) is 6.54 Å². The average molecular weight is 352 g/mol. The molecule has 0 bridgehead atoms. The van der Waals surface area contributed by atoms with Gasteiger partial charge in [-0.25, -0.2) is 0 Å². The van der Waals surface area contributed by atoms with E-state index in [4.69, 9.17) is 23.8 Å². The molecule has 2 atom stereocenters. The molecule has 2 aromatic rings. The van der Waals surface area contributed by atoms with Crippen LogP contribution in [0.25, 0.3) is 0 Å². The maximum Gasteiger partial charge on any atom is 0.170 e. The van der Waals surface area contributed by atoms with Crippen molar-refractivity contribution in [3.63, 3.8) is 0 Å². The molecule has 0 saturated carbocycles. The SMILES string of the molecule is CC(C)CN1C(=S)N[C@@H](c2ccccn2)[C@@H]1c1ccc(Cl)s1. The van der Waals surface area contributed by atoms with Gasteiger partial charge in [0, 0.05) is 17.6 Å². The first-order valence-electron chi connectivity index (χ1n) is 7.29. The van der Waals surface area contributed by atoms with Crippen molar-refractivity contribution in [1.29, 1.82) is 0 Å². The van der Waals surface area contributed by atoms with Gasteiger partial charge in [-0.3, -0.25) is 4.98 Å². The van der Waals surface area contributed by atoms with Gasteiger partial charge in [-0.1, -0.05) is 31.5 Å². The Hall–Kier alpha value is -1.17. The number of thiophene rings is 1. The third-order valence-corrected chi connectivity index (χ3v) is 5.30. The molecule has 1 aliphatic heterocycles. The summed E-state index contributed by atoms with van der Waals surface area (Å²) in [6.45, 7) is 5.32. The lowest BCUT2D eigenvalue weighted by molar-refractivity contribution is 0.291. The standard InChI is InChI=1S/C16H18ClN3S2/c1-10(2)9-20-15(12-6-7-13(17)22-12)14(19-16(20)21)11-5-3-4-8-18-11/h3-8,10,14-15H,9H2,1-2H3,(H,19,21)/t14-,15-/m0/s1. The van der Waals surface area contributed by atoms with E-state index < -0.39 is 0 Å². The van der Waals surface area contributed by atoms with E-state index in [0.717, 1.165) is 21.7 Å². The van der Waals surface area contributed by atoms with Crippen molar-refractivity contribution < 1.29 is 0 Å². The lowest BCUT2D eigenvalue weighted by Gasteiger charge is -2.28. The first kappa shape index (κ1) is 15.7. The number of nitrogens with zero attached hydrogens (tertiary/aromatic N) is 2. The summed E-state index contributed by atoms with van der Waals surface area (Å²) in [5, 5.41) is 4.23. The molecule has 0 aromatic carbocycles. The Morgan fingerprint density at radius 3 is 2.77 bits per heavy atom. The Bertz CT molecular complexity index is 656. The second-order valence-corrected chi connectivity index (χ2v) is 7.95.